The predicted molar refractivity (Wildman–Crippen MR) is 136 cm³/mol. The molecule has 181 valence electrons. The zero-order valence-electron chi connectivity index (χ0n) is 21.0. The van der Waals surface area contributed by atoms with Crippen LogP contribution < -0.4 is 5.43 Å². The Bertz CT molecular complexity index is 1270. The van der Waals surface area contributed by atoms with Crippen molar-refractivity contribution in [3.05, 3.63) is 69.3 Å². The maximum Gasteiger partial charge on any atom is 0.343 e. The highest BCUT2D eigenvalue weighted by Crippen LogP contribution is 2.36. The first-order chi connectivity index (χ1) is 16.0. The van der Waals surface area contributed by atoms with Crippen molar-refractivity contribution in [2.45, 2.75) is 66.3 Å². The van der Waals surface area contributed by atoms with Crippen LogP contribution in [-0.4, -0.2) is 26.2 Å². The summed E-state index contributed by atoms with van der Waals surface area (Å²) >= 11 is 0. The lowest BCUT2D eigenvalue weighted by Crippen LogP contribution is -2.21. The number of hydrogen-bond donors (Lipinski definition) is 0. The molecule has 0 spiro atoms. The summed E-state index contributed by atoms with van der Waals surface area (Å²) in [6, 6.07) is 8.85. The molecule has 3 rings (SSSR count). The van der Waals surface area contributed by atoms with E-state index in [4.69, 9.17) is 9.16 Å². The van der Waals surface area contributed by atoms with Gasteiger partial charge >= 0.3 is 5.97 Å². The molecule has 5 nitrogen and oxygen atoms in total. The minimum Gasteiger partial charge on any atom is -0.462 e. The van der Waals surface area contributed by atoms with E-state index in [1.54, 1.807) is 17.6 Å². The van der Waals surface area contributed by atoms with Gasteiger partial charge in [0.05, 0.1) is 18.7 Å². The van der Waals surface area contributed by atoms with Gasteiger partial charge in [-0.3, -0.25) is 4.79 Å². The van der Waals surface area contributed by atoms with Crippen molar-refractivity contribution in [1.29, 1.82) is 0 Å². The van der Waals surface area contributed by atoms with Crippen LogP contribution in [0.1, 0.15) is 56.1 Å². The molecule has 34 heavy (non-hydrogen) atoms. The van der Waals surface area contributed by atoms with E-state index in [0.29, 0.717) is 24.2 Å². The molecular formula is C27H33FNO4Si. The Hall–Kier alpha value is -2.77. The lowest BCUT2D eigenvalue weighted by molar-refractivity contribution is 0.0524. The Balaban J connectivity index is 2.31. The third-order valence-electron chi connectivity index (χ3n) is 5.78. The minimum absolute atomic E-state index is 0.0901. The number of nitrogens with zero attached hydrogens (tertiary/aromatic N) is 1. The molecule has 0 aliphatic carbocycles. The topological polar surface area (TPSA) is 57.5 Å². The number of benzene rings is 2. The van der Waals surface area contributed by atoms with E-state index in [-0.39, 0.29) is 23.0 Å². The van der Waals surface area contributed by atoms with Crippen molar-refractivity contribution in [2.24, 2.45) is 0 Å². The van der Waals surface area contributed by atoms with Crippen LogP contribution in [0.4, 0.5) is 4.39 Å². The SMILES string of the molecule is CCOC(=O)c1cn(CC)c2cc(-c3cccc(C(C)(C)C)c3CO[Si](C)C)c(F)cc2c1=O. The minimum atomic E-state index is -0.952. The van der Waals surface area contributed by atoms with Crippen LogP contribution in [0.5, 0.6) is 0 Å². The average molecular weight is 483 g/mol. The number of aromatic nitrogens is 1. The third kappa shape index (κ3) is 5.15. The van der Waals surface area contributed by atoms with Gasteiger partial charge in [0.15, 0.2) is 0 Å². The third-order valence-corrected chi connectivity index (χ3v) is 6.51. The number of pyridine rings is 1. The van der Waals surface area contributed by atoms with Crippen molar-refractivity contribution >= 4 is 25.9 Å². The summed E-state index contributed by atoms with van der Waals surface area (Å²) in [6.07, 6.45) is 1.50. The average Bonchev–Trinajstić information content (AvgIpc) is 2.77. The van der Waals surface area contributed by atoms with Crippen molar-refractivity contribution < 1.29 is 18.3 Å². The molecule has 0 saturated heterocycles. The highest BCUT2D eigenvalue weighted by Gasteiger charge is 2.24. The van der Waals surface area contributed by atoms with E-state index < -0.39 is 26.3 Å². The molecule has 1 heterocycles. The van der Waals surface area contributed by atoms with Crippen LogP contribution in [0.25, 0.3) is 22.0 Å². The zero-order chi connectivity index (χ0) is 25.2. The number of aryl methyl sites for hydroxylation is 1. The van der Waals surface area contributed by atoms with Gasteiger partial charge < -0.3 is 13.7 Å². The largest absolute Gasteiger partial charge is 0.462 e. The Morgan fingerprint density at radius 1 is 1.12 bits per heavy atom. The van der Waals surface area contributed by atoms with Crippen LogP contribution in [0.15, 0.2) is 41.3 Å². The molecule has 0 aliphatic heterocycles. The van der Waals surface area contributed by atoms with Crippen LogP contribution >= 0.6 is 0 Å². The van der Waals surface area contributed by atoms with Gasteiger partial charge in [-0.2, -0.15) is 0 Å². The molecular weight excluding hydrogens is 449 g/mol. The summed E-state index contributed by atoms with van der Waals surface area (Å²) in [5, 5.41) is 0.158. The number of hydrogen-bond acceptors (Lipinski definition) is 4. The number of carbonyl (C=O) groups excluding carboxylic acids is 1. The van der Waals surface area contributed by atoms with Gasteiger partial charge in [0.2, 0.25) is 14.5 Å². The van der Waals surface area contributed by atoms with Crippen molar-refractivity contribution in [2.75, 3.05) is 6.61 Å². The summed E-state index contributed by atoms with van der Waals surface area (Å²) in [6.45, 7) is 15.2. The lowest BCUT2D eigenvalue weighted by atomic mass is 9.81. The van der Waals surface area contributed by atoms with E-state index in [1.807, 2.05) is 19.1 Å². The Morgan fingerprint density at radius 3 is 2.41 bits per heavy atom. The number of fused-ring (bicyclic) bond motifs is 1. The van der Waals surface area contributed by atoms with Gasteiger partial charge in [-0.05, 0) is 61.2 Å². The lowest BCUT2D eigenvalue weighted by Gasteiger charge is -2.26. The monoisotopic (exact) mass is 482 g/mol. The molecule has 1 aromatic heterocycles. The molecule has 0 atom stereocenters. The molecule has 0 aliphatic rings. The molecule has 0 saturated carbocycles. The first-order valence-corrected chi connectivity index (χ1v) is 14.0. The first-order valence-electron chi connectivity index (χ1n) is 11.6. The van der Waals surface area contributed by atoms with Gasteiger partial charge in [-0.1, -0.05) is 39.0 Å². The maximum absolute atomic E-state index is 15.6. The number of rotatable bonds is 7. The van der Waals surface area contributed by atoms with Gasteiger partial charge in [0.25, 0.3) is 0 Å². The second kappa shape index (κ2) is 10.2. The molecule has 0 fully saturated rings. The summed E-state index contributed by atoms with van der Waals surface area (Å²) in [5.41, 5.74) is 3.00. The molecule has 0 amide bonds. The van der Waals surface area contributed by atoms with Gasteiger partial charge in [-0.15, -0.1) is 0 Å². The quantitative estimate of drug-likeness (QED) is 0.303. The predicted octanol–water partition coefficient (Wildman–Crippen LogP) is 6.07. The normalized spacial score (nSPS) is 11.9. The fourth-order valence-electron chi connectivity index (χ4n) is 4.15. The summed E-state index contributed by atoms with van der Waals surface area (Å²) in [7, 11) is -0.952. The molecule has 1 radical (unpaired) electrons. The Morgan fingerprint density at radius 2 is 1.82 bits per heavy atom. The molecule has 7 heteroatoms. The van der Waals surface area contributed by atoms with Gasteiger partial charge in [-0.25, -0.2) is 9.18 Å². The Kier molecular flexibility index (Phi) is 7.78. The van der Waals surface area contributed by atoms with E-state index in [0.717, 1.165) is 16.7 Å². The number of ether oxygens (including phenoxy) is 1. The summed E-state index contributed by atoms with van der Waals surface area (Å²) in [5.74, 6) is -1.21. The number of halogens is 1. The molecule has 0 N–H and O–H groups in total. The van der Waals surface area contributed by atoms with Gasteiger partial charge in [0.1, 0.15) is 11.4 Å². The van der Waals surface area contributed by atoms with Crippen molar-refractivity contribution in [1.82, 2.24) is 4.57 Å². The summed E-state index contributed by atoms with van der Waals surface area (Å²) < 4.78 is 28.5. The van der Waals surface area contributed by atoms with E-state index in [1.165, 1.54) is 12.3 Å². The number of esters is 1. The van der Waals surface area contributed by atoms with E-state index in [2.05, 4.69) is 39.9 Å². The van der Waals surface area contributed by atoms with E-state index >= 15 is 4.39 Å². The standard InChI is InChI=1S/C27H33FNO4Si/c1-8-29-15-20(26(31)32-9-2)25(30)19-13-23(28)18(14-24(19)29)17-11-10-12-22(27(3,4)5)21(17)16-33-34(6)7/h10-15H,8-9,16H2,1-7H3. The maximum atomic E-state index is 15.6. The van der Waals surface area contributed by atoms with Crippen LogP contribution in [-0.2, 0) is 27.7 Å². The summed E-state index contributed by atoms with van der Waals surface area (Å²) in [4.78, 5) is 25.4. The highest BCUT2D eigenvalue weighted by molar-refractivity contribution is 6.48. The Labute approximate surface area is 202 Å². The van der Waals surface area contributed by atoms with Crippen molar-refractivity contribution in [3.63, 3.8) is 0 Å². The smallest absolute Gasteiger partial charge is 0.343 e. The fourth-order valence-corrected chi connectivity index (χ4v) is 4.58. The van der Waals surface area contributed by atoms with Crippen LogP contribution in [0.2, 0.25) is 13.1 Å². The first kappa shape index (κ1) is 25.8. The van der Waals surface area contributed by atoms with Crippen LogP contribution in [0, 0.1) is 5.82 Å². The second-order valence-electron chi connectivity index (χ2n) is 9.51. The second-order valence-corrected chi connectivity index (χ2v) is 11.6. The zero-order valence-corrected chi connectivity index (χ0v) is 22.0. The molecule has 3 aromatic rings. The van der Waals surface area contributed by atoms with E-state index in [9.17, 15) is 9.59 Å². The molecule has 0 unspecified atom stereocenters. The molecule has 0 bridgehead atoms. The fraction of sp³-hybridized carbons (Fsp3) is 0.407. The highest BCUT2D eigenvalue weighted by atomic mass is 28.3. The van der Waals surface area contributed by atoms with Crippen LogP contribution in [0.3, 0.4) is 0 Å². The number of carbonyl (C=O) groups is 1. The van der Waals surface area contributed by atoms with Crippen molar-refractivity contribution in [3.8, 4) is 11.1 Å². The van der Waals surface area contributed by atoms with Gasteiger partial charge in [0, 0.05) is 23.7 Å². The molecule has 2 aromatic carbocycles.